The Bertz CT molecular complexity index is 617. The lowest BCUT2D eigenvalue weighted by atomic mass is 9.96. The number of aliphatic hydroxyl groups is 1. The van der Waals surface area contributed by atoms with E-state index in [9.17, 15) is 14.7 Å². The van der Waals surface area contributed by atoms with Crippen LogP contribution in [0.15, 0.2) is 30.3 Å². The molecule has 2 aliphatic rings. The molecule has 0 aromatic heterocycles. The van der Waals surface area contributed by atoms with Gasteiger partial charge in [0.25, 0.3) is 0 Å². The molecule has 0 spiro atoms. The van der Waals surface area contributed by atoms with Crippen molar-refractivity contribution in [1.82, 2.24) is 10.6 Å². The Morgan fingerprint density at radius 2 is 1.92 bits per heavy atom. The number of nitrogens with one attached hydrogen (secondary N) is 2. The van der Waals surface area contributed by atoms with Crippen LogP contribution in [0, 0.1) is 5.92 Å². The molecule has 1 aliphatic heterocycles. The van der Waals surface area contributed by atoms with E-state index in [1.54, 1.807) is 0 Å². The van der Waals surface area contributed by atoms with Crippen LogP contribution in [0.2, 0.25) is 0 Å². The second-order valence-corrected chi connectivity index (χ2v) is 7.35. The van der Waals surface area contributed by atoms with E-state index in [4.69, 9.17) is 4.74 Å². The summed E-state index contributed by atoms with van der Waals surface area (Å²) in [6.45, 7) is 1.79. The predicted molar refractivity (Wildman–Crippen MR) is 97.3 cm³/mol. The quantitative estimate of drug-likeness (QED) is 0.690. The highest BCUT2D eigenvalue weighted by Gasteiger charge is 2.36. The first-order valence-corrected chi connectivity index (χ1v) is 9.47. The van der Waals surface area contributed by atoms with E-state index in [1.807, 2.05) is 37.3 Å². The molecule has 2 amide bonds. The minimum absolute atomic E-state index is 0.0601. The molecule has 6 heteroatoms. The monoisotopic (exact) mass is 360 g/mol. The van der Waals surface area contributed by atoms with Crippen molar-refractivity contribution in [2.24, 2.45) is 5.92 Å². The molecule has 0 bridgehead atoms. The second kappa shape index (κ2) is 8.64. The molecule has 1 saturated carbocycles. The number of hydrogen-bond acceptors (Lipinski definition) is 4. The third kappa shape index (κ3) is 5.05. The highest BCUT2D eigenvalue weighted by atomic mass is 16.5. The van der Waals surface area contributed by atoms with Crippen molar-refractivity contribution in [2.45, 2.75) is 63.3 Å². The van der Waals surface area contributed by atoms with E-state index >= 15 is 0 Å². The maximum atomic E-state index is 12.3. The third-order valence-electron chi connectivity index (χ3n) is 5.16. The molecular weight excluding hydrogens is 332 g/mol. The fourth-order valence-electron chi connectivity index (χ4n) is 3.43. The lowest BCUT2D eigenvalue weighted by molar-refractivity contribution is -0.136. The highest BCUT2D eigenvalue weighted by Crippen LogP contribution is 2.30. The molecule has 0 unspecified atom stereocenters. The topological polar surface area (TPSA) is 87.7 Å². The van der Waals surface area contributed by atoms with Gasteiger partial charge in [-0.15, -0.1) is 0 Å². The Kier molecular flexibility index (Phi) is 6.27. The van der Waals surface area contributed by atoms with Gasteiger partial charge in [-0.2, -0.15) is 0 Å². The number of rotatable bonds is 7. The first-order chi connectivity index (χ1) is 12.6. The van der Waals surface area contributed by atoms with Crippen LogP contribution < -0.4 is 10.6 Å². The summed E-state index contributed by atoms with van der Waals surface area (Å²) in [6, 6.07) is 9.58. The summed E-state index contributed by atoms with van der Waals surface area (Å²) in [6.07, 6.45) is 2.89. The van der Waals surface area contributed by atoms with E-state index in [1.165, 1.54) is 0 Å². The molecule has 1 saturated heterocycles. The largest absolute Gasteiger partial charge is 0.394 e. The molecule has 3 rings (SSSR count). The molecule has 142 valence electrons. The molecule has 6 nitrogen and oxygen atoms in total. The molecule has 1 aromatic rings. The fraction of sp³-hybridized carbons (Fsp3) is 0.600. The summed E-state index contributed by atoms with van der Waals surface area (Å²) in [4.78, 5) is 24.3. The summed E-state index contributed by atoms with van der Waals surface area (Å²) in [5.74, 6) is 0.130. The van der Waals surface area contributed by atoms with E-state index in [0.717, 1.165) is 24.8 Å². The van der Waals surface area contributed by atoms with E-state index < -0.39 is 6.10 Å². The first-order valence-electron chi connectivity index (χ1n) is 9.47. The van der Waals surface area contributed by atoms with Crippen LogP contribution in [0.4, 0.5) is 0 Å². The second-order valence-electron chi connectivity index (χ2n) is 7.35. The number of hydrogen-bond donors (Lipinski definition) is 3. The van der Waals surface area contributed by atoms with E-state index in [0.29, 0.717) is 6.42 Å². The smallest absolute Gasteiger partial charge is 0.223 e. The van der Waals surface area contributed by atoms with Crippen molar-refractivity contribution < 1.29 is 19.4 Å². The van der Waals surface area contributed by atoms with Crippen LogP contribution in [-0.4, -0.2) is 41.8 Å². The lowest BCUT2D eigenvalue weighted by Crippen LogP contribution is -2.51. The Morgan fingerprint density at radius 3 is 2.58 bits per heavy atom. The molecule has 1 heterocycles. The van der Waals surface area contributed by atoms with Gasteiger partial charge in [-0.05, 0) is 38.2 Å². The number of amides is 2. The Hall–Kier alpha value is -1.92. The maximum Gasteiger partial charge on any atom is 0.223 e. The van der Waals surface area contributed by atoms with Crippen LogP contribution in [-0.2, 0) is 14.3 Å². The summed E-state index contributed by atoms with van der Waals surface area (Å²) < 4.78 is 5.88. The van der Waals surface area contributed by atoms with Crippen molar-refractivity contribution >= 4 is 11.8 Å². The van der Waals surface area contributed by atoms with Crippen LogP contribution in [0.1, 0.15) is 50.6 Å². The Morgan fingerprint density at radius 1 is 1.19 bits per heavy atom. The molecule has 1 aliphatic carbocycles. The number of aliphatic hydroxyl groups excluding tert-OH is 1. The Labute approximate surface area is 154 Å². The summed E-state index contributed by atoms with van der Waals surface area (Å²) in [5, 5.41) is 15.6. The Balaban J connectivity index is 1.46. The van der Waals surface area contributed by atoms with Gasteiger partial charge < -0.3 is 20.5 Å². The molecule has 4 atom stereocenters. The van der Waals surface area contributed by atoms with Gasteiger partial charge in [0.2, 0.25) is 11.8 Å². The SMILES string of the molecule is C[C@@H](NC(=O)C[C@H]1CC[C@H](NC(=O)C2CC2)[C@@H](CO)O1)c1ccccc1. The maximum absolute atomic E-state index is 12.3. The highest BCUT2D eigenvalue weighted by molar-refractivity contribution is 5.81. The van der Waals surface area contributed by atoms with E-state index in [2.05, 4.69) is 10.6 Å². The standard InChI is InChI=1S/C20H28N2O4/c1-13(14-5-3-2-4-6-14)21-19(24)11-16-9-10-17(18(12-23)26-16)22-20(25)15-7-8-15/h2-6,13,15-18,23H,7-12H2,1H3,(H,21,24)(H,22,25)/t13-,16-,17+,18-/m1/s1. The molecule has 2 fully saturated rings. The van der Waals surface area contributed by atoms with Crippen molar-refractivity contribution in [1.29, 1.82) is 0 Å². The normalized spacial score (nSPS) is 26.8. The zero-order valence-corrected chi connectivity index (χ0v) is 15.2. The first kappa shape index (κ1) is 18.9. The molecule has 26 heavy (non-hydrogen) atoms. The summed E-state index contributed by atoms with van der Waals surface area (Å²) >= 11 is 0. The molecular formula is C20H28N2O4. The van der Waals surface area contributed by atoms with Crippen LogP contribution in [0.5, 0.6) is 0 Å². The van der Waals surface area contributed by atoms with Gasteiger partial charge >= 0.3 is 0 Å². The molecule has 1 aromatic carbocycles. The van der Waals surface area contributed by atoms with Crippen molar-refractivity contribution in [3.05, 3.63) is 35.9 Å². The number of carbonyl (C=O) groups excluding carboxylic acids is 2. The molecule has 0 radical (unpaired) electrons. The minimum atomic E-state index is -0.448. The van der Waals surface area contributed by atoms with Gasteiger partial charge in [-0.25, -0.2) is 0 Å². The fourth-order valence-corrected chi connectivity index (χ4v) is 3.43. The van der Waals surface area contributed by atoms with Crippen LogP contribution in [0.3, 0.4) is 0 Å². The van der Waals surface area contributed by atoms with Crippen molar-refractivity contribution in [3.63, 3.8) is 0 Å². The van der Waals surface area contributed by atoms with Crippen molar-refractivity contribution in [2.75, 3.05) is 6.61 Å². The molecule has 3 N–H and O–H groups in total. The number of ether oxygens (including phenoxy) is 1. The zero-order chi connectivity index (χ0) is 18.5. The van der Waals surface area contributed by atoms with Gasteiger partial charge in [-0.3, -0.25) is 9.59 Å². The number of carbonyl (C=O) groups is 2. The van der Waals surface area contributed by atoms with E-state index in [-0.39, 0.29) is 48.9 Å². The van der Waals surface area contributed by atoms with Crippen molar-refractivity contribution in [3.8, 4) is 0 Å². The van der Waals surface area contributed by atoms with Gasteiger partial charge in [0.05, 0.1) is 31.2 Å². The average molecular weight is 360 g/mol. The average Bonchev–Trinajstić information content (AvgIpc) is 3.48. The third-order valence-corrected chi connectivity index (χ3v) is 5.16. The van der Waals surface area contributed by atoms with Gasteiger partial charge in [0.1, 0.15) is 6.10 Å². The summed E-state index contributed by atoms with van der Waals surface area (Å²) in [7, 11) is 0. The summed E-state index contributed by atoms with van der Waals surface area (Å²) in [5.41, 5.74) is 1.06. The van der Waals surface area contributed by atoms with Crippen LogP contribution >= 0.6 is 0 Å². The van der Waals surface area contributed by atoms with Gasteiger partial charge in [0, 0.05) is 5.92 Å². The minimum Gasteiger partial charge on any atom is -0.394 e. The van der Waals surface area contributed by atoms with Gasteiger partial charge in [-0.1, -0.05) is 30.3 Å². The van der Waals surface area contributed by atoms with Crippen LogP contribution in [0.25, 0.3) is 0 Å². The predicted octanol–water partition coefficient (Wildman–Crippen LogP) is 1.69. The zero-order valence-electron chi connectivity index (χ0n) is 15.2. The lowest BCUT2D eigenvalue weighted by Gasteiger charge is -2.36. The van der Waals surface area contributed by atoms with Gasteiger partial charge in [0.15, 0.2) is 0 Å². The number of benzene rings is 1.